The molecule has 0 rings (SSSR count). The van der Waals surface area contributed by atoms with Gasteiger partial charge in [-0.05, 0) is 32.1 Å². The summed E-state index contributed by atoms with van der Waals surface area (Å²) in [5.74, 6) is -0.664. The van der Waals surface area contributed by atoms with E-state index in [1.165, 1.54) is 70.6 Å². The summed E-state index contributed by atoms with van der Waals surface area (Å²) in [4.78, 5) is 10.3. The van der Waals surface area contributed by atoms with Gasteiger partial charge in [-0.2, -0.15) is 0 Å². The molecular weight excluding hydrogens is 359 g/mol. The third-order valence-electron chi connectivity index (χ3n) is 3.65. The van der Waals surface area contributed by atoms with Gasteiger partial charge in [0.2, 0.25) is 0 Å². The molecule has 1 N–H and O–H groups in total. The van der Waals surface area contributed by atoms with Crippen LogP contribution in [0.25, 0.3) is 0 Å². The largest absolute Gasteiger partial charge is 0.481 e. The van der Waals surface area contributed by atoms with E-state index in [0.717, 1.165) is 12.8 Å². The predicted octanol–water partition coefficient (Wildman–Crippen LogP) is 6.10. The third-order valence-corrected chi connectivity index (χ3v) is 3.65. The second-order valence-electron chi connectivity index (χ2n) is 5.73. The minimum atomic E-state index is -0.664. The molecule has 0 aromatic carbocycles. The molecular formula is C18H34FeMnO2. The van der Waals surface area contributed by atoms with Crippen molar-refractivity contribution in [3.05, 3.63) is 12.2 Å². The maximum absolute atomic E-state index is 10.3. The third kappa shape index (κ3) is 25.2. The first-order chi connectivity index (χ1) is 9.77. The monoisotopic (exact) mass is 393 g/mol. The molecule has 0 fully saturated rings. The molecule has 0 unspecified atom stereocenters. The van der Waals surface area contributed by atoms with Gasteiger partial charge in [-0.25, -0.2) is 0 Å². The number of allylic oxidation sites excluding steroid dienone is 2. The van der Waals surface area contributed by atoms with Crippen LogP contribution in [0, 0.1) is 0 Å². The van der Waals surface area contributed by atoms with Crippen LogP contribution in [0.3, 0.4) is 0 Å². The zero-order valence-electron chi connectivity index (χ0n) is 14.1. The number of rotatable bonds is 15. The Morgan fingerprint density at radius 2 is 1.18 bits per heavy atom. The quantitative estimate of drug-likeness (QED) is 0.207. The second-order valence-corrected chi connectivity index (χ2v) is 5.73. The summed E-state index contributed by atoms with van der Waals surface area (Å²) in [6.07, 6.45) is 21.2. The van der Waals surface area contributed by atoms with Crippen molar-refractivity contribution in [3.8, 4) is 0 Å². The van der Waals surface area contributed by atoms with Gasteiger partial charge in [0.1, 0.15) is 0 Å². The standard InChI is InChI=1S/C18H34O2.Fe.Mn/c1-2-3-4-5-6-7-8-9-10-11-12-13-14-15-16-17-18(19)20;;/h9-10H,2-8,11-17H2,1H3,(H,19,20);;/b10-9-;;. The van der Waals surface area contributed by atoms with Crippen LogP contribution in [0.1, 0.15) is 96.8 Å². The molecule has 0 amide bonds. The molecule has 2 nitrogen and oxygen atoms in total. The number of hydrogen-bond acceptors (Lipinski definition) is 1. The fourth-order valence-corrected chi connectivity index (χ4v) is 2.35. The van der Waals surface area contributed by atoms with Crippen molar-refractivity contribution in [2.24, 2.45) is 0 Å². The van der Waals surface area contributed by atoms with Gasteiger partial charge in [-0.15, -0.1) is 0 Å². The smallest absolute Gasteiger partial charge is 0.303 e. The van der Waals surface area contributed by atoms with Crippen LogP contribution in [0.5, 0.6) is 0 Å². The summed E-state index contributed by atoms with van der Waals surface area (Å²) in [5, 5.41) is 8.51. The Labute approximate surface area is 158 Å². The molecule has 0 atom stereocenters. The van der Waals surface area contributed by atoms with Crippen LogP contribution < -0.4 is 0 Å². The van der Waals surface area contributed by atoms with E-state index >= 15 is 0 Å². The molecule has 0 aromatic heterocycles. The topological polar surface area (TPSA) is 37.3 Å². The number of carboxylic acids is 1. The maximum Gasteiger partial charge on any atom is 0.303 e. The SMILES string of the molecule is CCCCCCCC/C=C\CCCCCCCC(=O)O.[Fe].[Mn]. The molecule has 0 saturated heterocycles. The molecule has 133 valence electrons. The molecule has 22 heavy (non-hydrogen) atoms. The molecule has 0 aliphatic carbocycles. The Bertz CT molecular complexity index is 245. The second kappa shape index (κ2) is 23.5. The predicted molar refractivity (Wildman–Crippen MR) is 87.1 cm³/mol. The molecule has 0 aliphatic heterocycles. The van der Waals surface area contributed by atoms with Crippen LogP contribution in [0.15, 0.2) is 12.2 Å². The van der Waals surface area contributed by atoms with Crippen molar-refractivity contribution in [1.82, 2.24) is 0 Å². The Hall–Kier alpha value is 0.249. The molecule has 0 spiro atoms. The molecule has 0 aliphatic rings. The van der Waals surface area contributed by atoms with E-state index in [-0.39, 0.29) is 34.1 Å². The van der Waals surface area contributed by atoms with Gasteiger partial charge >= 0.3 is 5.97 Å². The van der Waals surface area contributed by atoms with E-state index in [2.05, 4.69) is 19.1 Å². The number of carboxylic acid groups (broad SMARTS) is 1. The normalized spacial score (nSPS) is 10.2. The summed E-state index contributed by atoms with van der Waals surface area (Å²) in [7, 11) is 0. The molecule has 1 radical (unpaired) electrons. The van der Waals surface area contributed by atoms with E-state index in [0.29, 0.717) is 6.42 Å². The summed E-state index contributed by atoms with van der Waals surface area (Å²) >= 11 is 0. The van der Waals surface area contributed by atoms with E-state index in [1.807, 2.05) is 0 Å². The van der Waals surface area contributed by atoms with Gasteiger partial charge < -0.3 is 5.11 Å². The van der Waals surface area contributed by atoms with Crippen molar-refractivity contribution < 1.29 is 44.0 Å². The fraction of sp³-hybridized carbons (Fsp3) is 0.833. The molecule has 0 saturated carbocycles. The van der Waals surface area contributed by atoms with E-state index in [4.69, 9.17) is 5.11 Å². The Kier molecular flexibility index (Phi) is 29.0. The summed E-state index contributed by atoms with van der Waals surface area (Å²) < 4.78 is 0. The van der Waals surface area contributed by atoms with Crippen LogP contribution in [0.4, 0.5) is 0 Å². The summed E-state index contributed by atoms with van der Waals surface area (Å²) in [5.41, 5.74) is 0. The van der Waals surface area contributed by atoms with Crippen LogP contribution in [-0.2, 0) is 38.9 Å². The number of unbranched alkanes of at least 4 members (excludes halogenated alkanes) is 11. The minimum absolute atomic E-state index is 0. The van der Waals surface area contributed by atoms with Crippen molar-refractivity contribution in [2.45, 2.75) is 96.8 Å². The van der Waals surface area contributed by atoms with Crippen molar-refractivity contribution in [1.29, 1.82) is 0 Å². The van der Waals surface area contributed by atoms with Crippen molar-refractivity contribution in [2.75, 3.05) is 0 Å². The van der Waals surface area contributed by atoms with Gasteiger partial charge in [0.15, 0.2) is 0 Å². The first-order valence-corrected chi connectivity index (χ1v) is 8.64. The van der Waals surface area contributed by atoms with E-state index in [9.17, 15) is 4.79 Å². The Morgan fingerprint density at radius 1 is 0.773 bits per heavy atom. The first kappa shape index (κ1) is 27.1. The minimum Gasteiger partial charge on any atom is -0.481 e. The van der Waals surface area contributed by atoms with Gasteiger partial charge in [0.05, 0.1) is 0 Å². The zero-order valence-corrected chi connectivity index (χ0v) is 16.4. The van der Waals surface area contributed by atoms with Gasteiger partial charge in [0, 0.05) is 40.6 Å². The van der Waals surface area contributed by atoms with Gasteiger partial charge in [-0.3, -0.25) is 4.79 Å². The summed E-state index contributed by atoms with van der Waals surface area (Å²) in [6.45, 7) is 2.26. The zero-order chi connectivity index (χ0) is 14.9. The van der Waals surface area contributed by atoms with Crippen molar-refractivity contribution >= 4 is 5.97 Å². The molecule has 0 bridgehead atoms. The van der Waals surface area contributed by atoms with E-state index in [1.54, 1.807) is 0 Å². The number of hydrogen-bond donors (Lipinski definition) is 1. The van der Waals surface area contributed by atoms with Crippen LogP contribution >= 0.6 is 0 Å². The van der Waals surface area contributed by atoms with Crippen LogP contribution in [-0.4, -0.2) is 11.1 Å². The fourth-order valence-electron chi connectivity index (χ4n) is 2.35. The average Bonchev–Trinajstić information content (AvgIpc) is 2.43. The molecule has 0 heterocycles. The van der Waals surface area contributed by atoms with Crippen molar-refractivity contribution in [3.63, 3.8) is 0 Å². The molecule has 4 heteroatoms. The maximum atomic E-state index is 10.3. The van der Waals surface area contributed by atoms with E-state index < -0.39 is 5.97 Å². The molecule has 0 aromatic rings. The van der Waals surface area contributed by atoms with Gasteiger partial charge in [0.25, 0.3) is 0 Å². The van der Waals surface area contributed by atoms with Gasteiger partial charge in [-0.1, -0.05) is 70.4 Å². The Balaban J connectivity index is -0.00000180. The average molecular weight is 393 g/mol. The summed E-state index contributed by atoms with van der Waals surface area (Å²) in [6, 6.07) is 0. The Morgan fingerprint density at radius 3 is 1.64 bits per heavy atom. The van der Waals surface area contributed by atoms with Crippen LogP contribution in [0.2, 0.25) is 0 Å². The number of carbonyl (C=O) groups is 1. The first-order valence-electron chi connectivity index (χ1n) is 8.64. The number of aliphatic carboxylic acids is 1.